The van der Waals surface area contributed by atoms with Crippen molar-refractivity contribution in [1.82, 2.24) is 49.8 Å². The lowest BCUT2D eigenvalue weighted by atomic mass is 10.1. The first kappa shape index (κ1) is 67.0. The maximum atomic E-state index is 11.0. The molecule has 0 N–H and O–H groups in total. The fourth-order valence-electron chi connectivity index (χ4n) is 8.07. The van der Waals surface area contributed by atoms with Gasteiger partial charge in [0.25, 0.3) is 0 Å². The lowest BCUT2D eigenvalue weighted by molar-refractivity contribution is -0.109. The molecule has 0 amide bonds. The van der Waals surface area contributed by atoms with E-state index in [2.05, 4.69) is 210 Å². The molecule has 0 fully saturated rings. The van der Waals surface area contributed by atoms with E-state index in [1.165, 1.54) is 56.8 Å². The van der Waals surface area contributed by atoms with E-state index in [1.54, 1.807) is 25.5 Å². The molecular weight excluding hydrogens is 1340 g/mol. The standard InChI is InChI=1S/C16H22N2Si.C15H16N2OS.C12H10I2N2.C12H12N2S2.C12H12N2/c1-5-13-6-8-17-15(10-13)16-11-14(7-9-18-16)12-19(2,3)4;1-3-12-4-6-16-14(8-12)15-9-13(5-7-17-15)10-19-11(2)18;13-7-9-1-3-15-11(5-9)12-6-10(8-14)2-4-16-12;15-7-9-1-3-13-11(5-9)12-6-10(8-16)2-4-14-12;1-9-3-5-13-11(7-9)12-8-10(2)4-6-14-12/h6-11H,5,12H2,1-4H3;4-9H,3,10H2,1-2H3;1-6H,7-8H2;1-6,15-16H,7-8H2;3-8H,1-2H3. The second kappa shape index (κ2) is 35.4. The molecular formula is C67H72I2N10OS3Si. The predicted octanol–water partition coefficient (Wildman–Crippen LogP) is 17.4. The van der Waals surface area contributed by atoms with Crippen LogP contribution in [-0.4, -0.2) is 63.0 Å². The second-order valence-corrected chi connectivity index (χ2v) is 29.4. The number of pyridine rings is 10. The molecule has 10 heterocycles. The van der Waals surface area contributed by atoms with Crippen molar-refractivity contribution in [3.05, 3.63) is 239 Å². The molecule has 17 heteroatoms. The van der Waals surface area contributed by atoms with Gasteiger partial charge in [0, 0.05) is 103 Å². The number of nitrogens with zero attached hydrogens (tertiary/aromatic N) is 10. The minimum absolute atomic E-state index is 0.129. The molecule has 10 aromatic rings. The number of thiol groups is 2. The predicted molar refractivity (Wildman–Crippen MR) is 375 cm³/mol. The molecule has 0 aromatic carbocycles. The first-order valence-electron chi connectivity index (χ1n) is 27.5. The summed E-state index contributed by atoms with van der Waals surface area (Å²) in [5.41, 5.74) is 21.6. The summed E-state index contributed by atoms with van der Waals surface area (Å²) in [5, 5.41) is 0.129. The number of thioether (sulfide) groups is 1. The maximum absolute atomic E-state index is 11.0. The maximum Gasteiger partial charge on any atom is 0.186 e. The quantitative estimate of drug-likeness (QED) is 0.0436. The van der Waals surface area contributed by atoms with Crippen LogP contribution in [0, 0.1) is 13.8 Å². The molecule has 0 bridgehead atoms. The van der Waals surface area contributed by atoms with Crippen LogP contribution in [0.3, 0.4) is 0 Å². The van der Waals surface area contributed by atoms with Crippen LogP contribution < -0.4 is 0 Å². The summed E-state index contributed by atoms with van der Waals surface area (Å²) >= 11 is 14.5. The number of aromatic nitrogens is 10. The van der Waals surface area contributed by atoms with Crippen molar-refractivity contribution in [3.63, 3.8) is 0 Å². The van der Waals surface area contributed by atoms with Crippen molar-refractivity contribution in [3.8, 4) is 56.9 Å². The van der Waals surface area contributed by atoms with E-state index in [-0.39, 0.29) is 5.12 Å². The van der Waals surface area contributed by atoms with E-state index in [9.17, 15) is 4.79 Å². The highest BCUT2D eigenvalue weighted by molar-refractivity contribution is 14.1. The number of rotatable bonds is 15. The van der Waals surface area contributed by atoms with E-state index in [0.717, 1.165) is 95.3 Å². The summed E-state index contributed by atoms with van der Waals surface area (Å²) in [4.78, 5) is 54.5. The molecule has 10 aromatic heterocycles. The van der Waals surface area contributed by atoms with Crippen molar-refractivity contribution >= 4 is 95.4 Å². The fraction of sp³-hybridized carbons (Fsp3) is 0.239. The number of halogens is 2. The third kappa shape index (κ3) is 23.1. The monoisotopic (exact) mass is 1410 g/mol. The Kier molecular flexibility index (Phi) is 28.2. The molecule has 0 aliphatic rings. The molecule has 10 rings (SSSR count). The Hall–Kier alpha value is -6.10. The topological polar surface area (TPSA) is 146 Å². The van der Waals surface area contributed by atoms with Crippen LogP contribution >= 0.6 is 82.2 Å². The van der Waals surface area contributed by atoms with Gasteiger partial charge in [-0.3, -0.25) is 54.6 Å². The number of hydrogen-bond acceptors (Lipinski definition) is 14. The van der Waals surface area contributed by atoms with Crippen LogP contribution in [0.2, 0.25) is 19.6 Å². The number of carbonyl (C=O) groups is 1. The Balaban J connectivity index is 0.000000169. The van der Waals surface area contributed by atoms with Gasteiger partial charge in [-0.25, -0.2) is 0 Å². The van der Waals surface area contributed by atoms with E-state index < -0.39 is 8.07 Å². The van der Waals surface area contributed by atoms with Gasteiger partial charge in [-0.05, 0) is 210 Å². The lowest BCUT2D eigenvalue weighted by Crippen LogP contribution is -2.23. The number of carbonyl (C=O) groups excluding carboxylic acids is 1. The third-order valence-corrected chi connectivity index (χ3v) is 17.2. The van der Waals surface area contributed by atoms with Crippen LogP contribution in [0.1, 0.15) is 76.4 Å². The molecule has 0 radical (unpaired) electrons. The van der Waals surface area contributed by atoms with Gasteiger partial charge in [0.2, 0.25) is 0 Å². The van der Waals surface area contributed by atoms with E-state index in [4.69, 9.17) is 0 Å². The highest BCUT2D eigenvalue weighted by Gasteiger charge is 2.15. The molecule has 0 aliphatic heterocycles. The van der Waals surface area contributed by atoms with E-state index in [1.807, 2.05) is 122 Å². The third-order valence-electron chi connectivity index (χ3n) is 12.4. The second-order valence-electron chi connectivity index (χ2n) is 20.6. The molecule has 0 spiro atoms. The highest BCUT2D eigenvalue weighted by Crippen LogP contribution is 2.24. The van der Waals surface area contributed by atoms with Crippen molar-refractivity contribution in [2.24, 2.45) is 0 Å². The van der Waals surface area contributed by atoms with Crippen LogP contribution in [-0.2, 0) is 49.8 Å². The van der Waals surface area contributed by atoms with Crippen LogP contribution in [0.15, 0.2) is 183 Å². The largest absolute Gasteiger partial charge is 0.288 e. The Morgan fingerprint density at radius 3 is 0.940 bits per heavy atom. The van der Waals surface area contributed by atoms with Gasteiger partial charge in [0.05, 0.1) is 56.9 Å². The summed E-state index contributed by atoms with van der Waals surface area (Å²) in [6.07, 6.45) is 20.3. The average molecular weight is 1410 g/mol. The van der Waals surface area contributed by atoms with E-state index >= 15 is 0 Å². The number of alkyl halides is 2. The molecule has 432 valence electrons. The van der Waals surface area contributed by atoms with Crippen molar-refractivity contribution in [2.45, 2.75) is 99.3 Å². The van der Waals surface area contributed by atoms with Crippen molar-refractivity contribution < 1.29 is 4.79 Å². The fourth-order valence-corrected chi connectivity index (χ4v) is 11.4. The highest BCUT2D eigenvalue weighted by atomic mass is 127. The van der Waals surface area contributed by atoms with Crippen LogP contribution in [0.4, 0.5) is 0 Å². The van der Waals surface area contributed by atoms with Gasteiger partial charge < -0.3 is 0 Å². The summed E-state index contributed by atoms with van der Waals surface area (Å²) in [7, 11) is -1.09. The summed E-state index contributed by atoms with van der Waals surface area (Å²) in [6.45, 7) is 17.1. The Labute approximate surface area is 540 Å². The first-order valence-corrected chi connectivity index (χ1v) is 36.5. The smallest absolute Gasteiger partial charge is 0.186 e. The minimum Gasteiger partial charge on any atom is -0.288 e. The van der Waals surface area contributed by atoms with Crippen molar-refractivity contribution in [1.29, 1.82) is 0 Å². The minimum atomic E-state index is -1.09. The Bertz CT molecular complexity index is 3460. The molecule has 0 aliphatic carbocycles. The summed E-state index contributed by atoms with van der Waals surface area (Å²) in [5.74, 6) is 2.10. The van der Waals surface area contributed by atoms with Gasteiger partial charge in [0.15, 0.2) is 5.12 Å². The Morgan fingerprint density at radius 2 is 0.643 bits per heavy atom. The van der Waals surface area contributed by atoms with E-state index in [0.29, 0.717) is 17.3 Å². The van der Waals surface area contributed by atoms with Gasteiger partial charge in [-0.15, -0.1) is 0 Å². The molecule has 0 saturated carbocycles. The molecule has 84 heavy (non-hydrogen) atoms. The van der Waals surface area contributed by atoms with Crippen molar-refractivity contribution in [2.75, 3.05) is 0 Å². The zero-order valence-corrected chi connectivity index (χ0v) is 56.8. The zero-order valence-electron chi connectivity index (χ0n) is 48.9. The van der Waals surface area contributed by atoms with Gasteiger partial charge in [-0.1, -0.05) is 90.4 Å². The number of hydrogen-bond donors (Lipinski definition) is 2. The van der Waals surface area contributed by atoms with Crippen LogP contribution in [0.25, 0.3) is 56.9 Å². The number of aryl methyl sites for hydroxylation is 4. The van der Waals surface area contributed by atoms with Gasteiger partial charge in [-0.2, -0.15) is 25.3 Å². The lowest BCUT2D eigenvalue weighted by Gasteiger charge is -2.16. The molecule has 0 unspecified atom stereocenters. The van der Waals surface area contributed by atoms with Gasteiger partial charge >= 0.3 is 0 Å². The molecule has 0 atom stereocenters. The SMILES string of the molecule is CCc1ccnc(-c2cc(CSC(C)=O)ccn2)c1.CCc1ccnc(-c2cc(C[Si](C)(C)C)ccn2)c1.Cc1ccnc(-c2cc(C)ccn2)c1.ICc1ccnc(-c2cc(CI)ccn2)c1.SCc1ccnc(-c2cc(CS)ccn2)c1. The first-order chi connectivity index (χ1) is 40.6. The zero-order chi connectivity index (χ0) is 60.3. The van der Waals surface area contributed by atoms with Gasteiger partial charge in [0.1, 0.15) is 0 Å². The summed E-state index contributed by atoms with van der Waals surface area (Å²) in [6, 6.07) is 42.0. The summed E-state index contributed by atoms with van der Waals surface area (Å²) < 4.78 is 2.00. The molecule has 0 saturated heterocycles. The average Bonchev–Trinajstić information content (AvgIpc) is 3.67. The normalized spacial score (nSPS) is 10.6. The van der Waals surface area contributed by atoms with Crippen LogP contribution in [0.5, 0.6) is 0 Å². The Morgan fingerprint density at radius 1 is 0.393 bits per heavy atom. The molecule has 11 nitrogen and oxygen atoms in total.